The summed E-state index contributed by atoms with van der Waals surface area (Å²) >= 11 is 0. The van der Waals surface area contributed by atoms with Crippen molar-refractivity contribution in [3.05, 3.63) is 0 Å². The first kappa shape index (κ1) is 16.9. The summed E-state index contributed by atoms with van der Waals surface area (Å²) in [6.45, 7) is 6.20. The van der Waals surface area contributed by atoms with Crippen LogP contribution in [-0.4, -0.2) is 46.3 Å². The minimum atomic E-state index is -0.895. The number of amides is 1. The number of aliphatic hydroxyl groups is 1. The highest BCUT2D eigenvalue weighted by Gasteiger charge is 2.35. The van der Waals surface area contributed by atoms with Crippen molar-refractivity contribution < 1.29 is 19.8 Å². The second-order valence-corrected chi connectivity index (χ2v) is 6.74. The molecule has 0 aromatic carbocycles. The van der Waals surface area contributed by atoms with E-state index in [9.17, 15) is 14.7 Å². The molecule has 0 bridgehead atoms. The molecule has 0 unspecified atom stereocenters. The predicted molar refractivity (Wildman–Crippen MR) is 75.3 cm³/mol. The van der Waals surface area contributed by atoms with Gasteiger partial charge in [-0.15, -0.1) is 0 Å². The fraction of sp³-hybridized carbons (Fsp3) is 0.857. The molecule has 1 fully saturated rings. The quantitative estimate of drug-likeness (QED) is 0.590. The minimum Gasteiger partial charge on any atom is -0.481 e. The van der Waals surface area contributed by atoms with Crippen molar-refractivity contribution in [1.82, 2.24) is 10.6 Å². The Balaban J connectivity index is 2.28. The van der Waals surface area contributed by atoms with Crippen molar-refractivity contribution >= 4 is 11.9 Å². The van der Waals surface area contributed by atoms with Crippen molar-refractivity contribution in [1.29, 1.82) is 0 Å². The highest BCUT2D eigenvalue weighted by molar-refractivity contribution is 5.78. The Morgan fingerprint density at radius 1 is 1.25 bits per heavy atom. The summed E-state index contributed by atoms with van der Waals surface area (Å²) in [5, 5.41) is 25.0. The standard InChI is InChI=1S/C14H26N2O4/c1-13(2,3)16-11(17)8-15-9-14(20)6-4-10(5-7-14)12(18)19/h10,15,20H,4-9H2,1-3H3,(H,16,17)(H,18,19). The Bertz CT molecular complexity index is 355. The molecule has 1 aliphatic carbocycles. The number of nitrogens with one attached hydrogen (secondary N) is 2. The van der Waals surface area contributed by atoms with Crippen LogP contribution in [0.1, 0.15) is 46.5 Å². The van der Waals surface area contributed by atoms with Gasteiger partial charge in [0.15, 0.2) is 0 Å². The van der Waals surface area contributed by atoms with Gasteiger partial charge in [-0.05, 0) is 46.5 Å². The smallest absolute Gasteiger partial charge is 0.306 e. The van der Waals surface area contributed by atoms with E-state index in [-0.39, 0.29) is 23.9 Å². The van der Waals surface area contributed by atoms with Gasteiger partial charge in [-0.25, -0.2) is 0 Å². The van der Waals surface area contributed by atoms with E-state index in [0.717, 1.165) is 0 Å². The van der Waals surface area contributed by atoms with Gasteiger partial charge in [0.05, 0.1) is 18.1 Å². The number of carboxylic acids is 1. The molecule has 1 rings (SSSR count). The maximum Gasteiger partial charge on any atom is 0.306 e. The van der Waals surface area contributed by atoms with Crippen LogP contribution >= 0.6 is 0 Å². The van der Waals surface area contributed by atoms with E-state index < -0.39 is 11.6 Å². The third kappa shape index (κ3) is 5.88. The van der Waals surface area contributed by atoms with Gasteiger partial charge in [-0.3, -0.25) is 9.59 Å². The zero-order valence-corrected chi connectivity index (χ0v) is 12.5. The molecule has 0 radical (unpaired) electrons. The van der Waals surface area contributed by atoms with Gasteiger partial charge in [0.25, 0.3) is 0 Å². The van der Waals surface area contributed by atoms with Crippen LogP contribution in [0.4, 0.5) is 0 Å². The Labute approximate surface area is 119 Å². The highest BCUT2D eigenvalue weighted by atomic mass is 16.4. The van der Waals surface area contributed by atoms with Crippen molar-refractivity contribution in [2.75, 3.05) is 13.1 Å². The molecule has 6 heteroatoms. The van der Waals surface area contributed by atoms with Gasteiger partial charge in [0.2, 0.25) is 5.91 Å². The van der Waals surface area contributed by atoms with Gasteiger partial charge in [0.1, 0.15) is 0 Å². The van der Waals surface area contributed by atoms with Gasteiger partial charge >= 0.3 is 5.97 Å². The van der Waals surface area contributed by atoms with Gasteiger partial charge < -0.3 is 20.8 Å². The molecule has 0 heterocycles. The summed E-state index contributed by atoms with van der Waals surface area (Å²) in [6, 6.07) is 0. The van der Waals surface area contributed by atoms with Gasteiger partial charge in [0, 0.05) is 12.1 Å². The maximum atomic E-state index is 11.6. The number of carbonyl (C=O) groups excluding carboxylic acids is 1. The molecule has 116 valence electrons. The molecular weight excluding hydrogens is 260 g/mol. The van der Waals surface area contributed by atoms with Crippen molar-refractivity contribution in [2.45, 2.75) is 57.6 Å². The molecule has 0 atom stereocenters. The first-order valence-electron chi connectivity index (χ1n) is 7.08. The predicted octanol–water partition coefficient (Wildman–Crippen LogP) is 0.497. The monoisotopic (exact) mass is 286 g/mol. The molecule has 1 aliphatic rings. The zero-order chi connectivity index (χ0) is 15.4. The van der Waals surface area contributed by atoms with E-state index in [1.165, 1.54) is 0 Å². The van der Waals surface area contributed by atoms with E-state index in [4.69, 9.17) is 5.11 Å². The first-order chi connectivity index (χ1) is 9.11. The van der Waals surface area contributed by atoms with Crippen LogP contribution in [0.3, 0.4) is 0 Å². The fourth-order valence-corrected chi connectivity index (χ4v) is 2.45. The van der Waals surface area contributed by atoms with Crippen LogP contribution in [0.15, 0.2) is 0 Å². The van der Waals surface area contributed by atoms with Gasteiger partial charge in [-0.2, -0.15) is 0 Å². The van der Waals surface area contributed by atoms with Crippen LogP contribution < -0.4 is 10.6 Å². The fourth-order valence-electron chi connectivity index (χ4n) is 2.45. The molecule has 1 saturated carbocycles. The maximum absolute atomic E-state index is 11.6. The highest BCUT2D eigenvalue weighted by Crippen LogP contribution is 2.31. The number of hydrogen-bond donors (Lipinski definition) is 4. The summed E-state index contributed by atoms with van der Waals surface area (Å²) in [6.07, 6.45) is 1.89. The summed E-state index contributed by atoms with van der Waals surface area (Å²) < 4.78 is 0. The van der Waals surface area contributed by atoms with E-state index in [0.29, 0.717) is 32.2 Å². The van der Waals surface area contributed by atoms with Crippen LogP contribution in [0.2, 0.25) is 0 Å². The lowest BCUT2D eigenvalue weighted by atomic mass is 9.79. The molecule has 0 saturated heterocycles. The average molecular weight is 286 g/mol. The first-order valence-corrected chi connectivity index (χ1v) is 7.08. The third-order valence-corrected chi connectivity index (χ3v) is 3.52. The van der Waals surface area contributed by atoms with Crippen LogP contribution in [-0.2, 0) is 9.59 Å². The zero-order valence-electron chi connectivity index (χ0n) is 12.5. The summed E-state index contributed by atoms with van der Waals surface area (Å²) in [5.74, 6) is -1.25. The Kier molecular flexibility index (Phi) is 5.53. The normalized spacial score (nSPS) is 27.1. The third-order valence-electron chi connectivity index (χ3n) is 3.52. The number of rotatable bonds is 5. The number of carbonyl (C=O) groups is 2. The van der Waals surface area contributed by atoms with E-state index in [2.05, 4.69) is 10.6 Å². The molecule has 0 aliphatic heterocycles. The molecule has 0 aromatic heterocycles. The van der Waals surface area contributed by atoms with Crippen molar-refractivity contribution in [3.63, 3.8) is 0 Å². The largest absolute Gasteiger partial charge is 0.481 e. The Morgan fingerprint density at radius 2 is 1.80 bits per heavy atom. The van der Waals surface area contributed by atoms with E-state index in [1.54, 1.807) is 0 Å². The second kappa shape index (κ2) is 6.54. The van der Waals surface area contributed by atoms with Crippen LogP contribution in [0, 0.1) is 5.92 Å². The number of carboxylic acid groups (broad SMARTS) is 1. The Hall–Kier alpha value is -1.14. The van der Waals surface area contributed by atoms with Crippen LogP contribution in [0.25, 0.3) is 0 Å². The number of aliphatic carboxylic acids is 1. The summed E-state index contributed by atoms with van der Waals surface area (Å²) in [5.41, 5.74) is -1.16. The molecule has 0 aromatic rings. The van der Waals surface area contributed by atoms with Gasteiger partial charge in [-0.1, -0.05) is 0 Å². The second-order valence-electron chi connectivity index (χ2n) is 6.74. The topological polar surface area (TPSA) is 98.7 Å². The van der Waals surface area contributed by atoms with E-state index in [1.807, 2.05) is 20.8 Å². The summed E-state index contributed by atoms with van der Waals surface area (Å²) in [7, 11) is 0. The molecule has 4 N–H and O–H groups in total. The lowest BCUT2D eigenvalue weighted by molar-refractivity contribution is -0.144. The SMILES string of the molecule is CC(C)(C)NC(=O)CNCC1(O)CCC(C(=O)O)CC1. The molecule has 20 heavy (non-hydrogen) atoms. The van der Waals surface area contributed by atoms with Crippen molar-refractivity contribution in [3.8, 4) is 0 Å². The average Bonchev–Trinajstić information content (AvgIpc) is 2.26. The summed E-state index contributed by atoms with van der Waals surface area (Å²) in [4.78, 5) is 22.5. The molecule has 1 amide bonds. The molecular formula is C14H26N2O4. The molecule has 0 spiro atoms. The van der Waals surface area contributed by atoms with Crippen LogP contribution in [0.5, 0.6) is 0 Å². The van der Waals surface area contributed by atoms with E-state index >= 15 is 0 Å². The number of hydrogen-bond acceptors (Lipinski definition) is 4. The lowest BCUT2D eigenvalue weighted by Gasteiger charge is -2.34. The lowest BCUT2D eigenvalue weighted by Crippen LogP contribution is -2.49. The van der Waals surface area contributed by atoms with Crippen molar-refractivity contribution in [2.24, 2.45) is 5.92 Å². The molecule has 6 nitrogen and oxygen atoms in total. The Morgan fingerprint density at radius 3 is 2.25 bits per heavy atom. The minimum absolute atomic E-state index is 0.111.